The Hall–Kier alpha value is -1.16. The summed E-state index contributed by atoms with van der Waals surface area (Å²) >= 11 is 5.96. The molecule has 3 nitrogen and oxygen atoms in total. The van der Waals surface area contributed by atoms with Crippen molar-refractivity contribution in [3.05, 3.63) is 27.8 Å². The fourth-order valence-corrected chi connectivity index (χ4v) is 2.47. The number of rotatable bonds is 2. The number of aryl methyl sites for hydroxylation is 1. The molecule has 0 aliphatic heterocycles. The fraction of sp³-hybridized carbons (Fsp3) is 0.500. The Morgan fingerprint density at radius 2 is 2.18 bits per heavy atom. The molecule has 1 atom stereocenters. The van der Waals surface area contributed by atoms with Gasteiger partial charge in [-0.05, 0) is 37.8 Å². The lowest BCUT2D eigenvalue weighted by Crippen LogP contribution is -2.17. The lowest BCUT2D eigenvalue weighted by Gasteiger charge is -2.06. The van der Waals surface area contributed by atoms with E-state index < -0.39 is 0 Å². The SMILES string of the molecule is CCOC(=O)C1Cc2c(Cl)nc(C)c(F)c2C1. The fourth-order valence-electron chi connectivity index (χ4n) is 2.15. The number of halogens is 2. The molecule has 1 unspecified atom stereocenters. The average Bonchev–Trinajstić information content (AvgIpc) is 2.72. The van der Waals surface area contributed by atoms with Crippen LogP contribution in [0.2, 0.25) is 5.15 Å². The number of pyridine rings is 1. The van der Waals surface area contributed by atoms with Gasteiger partial charge >= 0.3 is 5.97 Å². The van der Waals surface area contributed by atoms with Crippen molar-refractivity contribution < 1.29 is 13.9 Å². The van der Waals surface area contributed by atoms with Crippen molar-refractivity contribution in [2.24, 2.45) is 5.92 Å². The van der Waals surface area contributed by atoms with E-state index >= 15 is 0 Å². The van der Waals surface area contributed by atoms with Gasteiger partial charge in [-0.3, -0.25) is 4.79 Å². The van der Waals surface area contributed by atoms with Crippen LogP contribution in [0.5, 0.6) is 0 Å². The number of fused-ring (bicyclic) bond motifs is 1. The molecular formula is C12H13ClFNO2. The van der Waals surface area contributed by atoms with Gasteiger partial charge in [-0.1, -0.05) is 11.6 Å². The Bertz CT molecular complexity index is 476. The van der Waals surface area contributed by atoms with E-state index in [2.05, 4.69) is 4.98 Å². The van der Waals surface area contributed by atoms with E-state index in [-0.39, 0.29) is 23.4 Å². The van der Waals surface area contributed by atoms with Crippen molar-refractivity contribution in [1.29, 1.82) is 0 Å². The van der Waals surface area contributed by atoms with Crippen molar-refractivity contribution in [3.63, 3.8) is 0 Å². The maximum atomic E-state index is 13.8. The molecule has 5 heteroatoms. The monoisotopic (exact) mass is 257 g/mol. The number of ether oxygens (including phenoxy) is 1. The highest BCUT2D eigenvalue weighted by Gasteiger charge is 2.33. The van der Waals surface area contributed by atoms with Gasteiger partial charge in [0, 0.05) is 0 Å². The molecular weight excluding hydrogens is 245 g/mol. The van der Waals surface area contributed by atoms with Crippen molar-refractivity contribution in [3.8, 4) is 0 Å². The van der Waals surface area contributed by atoms with E-state index in [1.807, 2.05) is 0 Å². The molecule has 0 fully saturated rings. The highest BCUT2D eigenvalue weighted by molar-refractivity contribution is 6.30. The third-order valence-electron chi connectivity index (χ3n) is 2.98. The second-order valence-electron chi connectivity index (χ2n) is 4.12. The lowest BCUT2D eigenvalue weighted by atomic mass is 10.1. The number of aromatic nitrogens is 1. The highest BCUT2D eigenvalue weighted by atomic mass is 35.5. The molecule has 0 radical (unpaired) electrons. The van der Waals surface area contributed by atoms with Crippen molar-refractivity contribution >= 4 is 17.6 Å². The van der Waals surface area contributed by atoms with Gasteiger partial charge in [0.25, 0.3) is 0 Å². The van der Waals surface area contributed by atoms with Gasteiger partial charge in [0.05, 0.1) is 18.2 Å². The third kappa shape index (κ3) is 2.14. The van der Waals surface area contributed by atoms with Gasteiger partial charge < -0.3 is 4.74 Å². The standard InChI is InChI=1S/C12H13ClFNO2/c1-3-17-12(16)7-4-8-9(5-7)11(13)15-6(2)10(8)14/h7H,3-5H2,1-2H3. The zero-order chi connectivity index (χ0) is 12.6. The Balaban J connectivity index is 2.30. The molecule has 17 heavy (non-hydrogen) atoms. The van der Waals surface area contributed by atoms with E-state index in [0.717, 1.165) is 0 Å². The summed E-state index contributed by atoms with van der Waals surface area (Å²) in [5, 5.41) is 0.297. The van der Waals surface area contributed by atoms with E-state index in [9.17, 15) is 9.18 Å². The summed E-state index contributed by atoms with van der Waals surface area (Å²) in [5.74, 6) is -0.978. The first-order valence-electron chi connectivity index (χ1n) is 5.54. The topological polar surface area (TPSA) is 39.2 Å². The summed E-state index contributed by atoms with van der Waals surface area (Å²) in [6.45, 7) is 3.65. The zero-order valence-electron chi connectivity index (χ0n) is 9.72. The Kier molecular flexibility index (Phi) is 3.33. The van der Waals surface area contributed by atoms with Crippen LogP contribution in [0.4, 0.5) is 4.39 Å². The van der Waals surface area contributed by atoms with Gasteiger partial charge in [0.1, 0.15) is 11.0 Å². The third-order valence-corrected chi connectivity index (χ3v) is 3.30. The minimum absolute atomic E-state index is 0.276. The number of esters is 1. The summed E-state index contributed by atoms with van der Waals surface area (Å²) in [4.78, 5) is 15.5. The van der Waals surface area contributed by atoms with E-state index in [0.29, 0.717) is 35.7 Å². The summed E-state index contributed by atoms with van der Waals surface area (Å²) < 4.78 is 18.8. The summed E-state index contributed by atoms with van der Waals surface area (Å²) in [6, 6.07) is 0. The van der Waals surface area contributed by atoms with Crippen molar-refractivity contribution in [2.45, 2.75) is 26.7 Å². The van der Waals surface area contributed by atoms with Crippen LogP contribution in [-0.4, -0.2) is 17.6 Å². The Morgan fingerprint density at radius 1 is 1.53 bits per heavy atom. The molecule has 0 bridgehead atoms. The summed E-state index contributed by atoms with van der Waals surface area (Å²) in [7, 11) is 0. The highest BCUT2D eigenvalue weighted by Crippen LogP contribution is 2.34. The number of nitrogens with zero attached hydrogens (tertiary/aromatic N) is 1. The van der Waals surface area contributed by atoms with Gasteiger partial charge in [-0.2, -0.15) is 0 Å². The maximum absolute atomic E-state index is 13.8. The quantitative estimate of drug-likeness (QED) is 0.604. The molecule has 1 aliphatic carbocycles. The van der Waals surface area contributed by atoms with Crippen LogP contribution in [0.3, 0.4) is 0 Å². The molecule has 1 heterocycles. The largest absolute Gasteiger partial charge is 0.466 e. The van der Waals surface area contributed by atoms with Crippen LogP contribution in [0, 0.1) is 18.7 Å². The Morgan fingerprint density at radius 3 is 2.82 bits per heavy atom. The predicted octanol–water partition coefficient (Wildman–Crippen LogP) is 2.46. The first-order chi connectivity index (χ1) is 8.04. The van der Waals surface area contributed by atoms with Crippen molar-refractivity contribution in [1.82, 2.24) is 4.98 Å². The van der Waals surface area contributed by atoms with Crippen LogP contribution in [0.25, 0.3) is 0 Å². The molecule has 0 saturated carbocycles. The van der Waals surface area contributed by atoms with Gasteiger partial charge in [-0.25, -0.2) is 9.37 Å². The van der Waals surface area contributed by atoms with E-state index in [4.69, 9.17) is 16.3 Å². The minimum Gasteiger partial charge on any atom is -0.466 e. The predicted molar refractivity (Wildman–Crippen MR) is 61.5 cm³/mol. The van der Waals surface area contributed by atoms with Crippen LogP contribution in [0.15, 0.2) is 0 Å². The molecule has 1 aromatic heterocycles. The van der Waals surface area contributed by atoms with Crippen LogP contribution >= 0.6 is 11.6 Å². The average molecular weight is 258 g/mol. The molecule has 1 aromatic rings. The second kappa shape index (κ2) is 4.61. The summed E-state index contributed by atoms with van der Waals surface area (Å²) in [6.07, 6.45) is 0.764. The van der Waals surface area contributed by atoms with Crippen LogP contribution in [0.1, 0.15) is 23.7 Å². The second-order valence-corrected chi connectivity index (χ2v) is 4.47. The smallest absolute Gasteiger partial charge is 0.309 e. The summed E-state index contributed by atoms with van der Waals surface area (Å²) in [5.41, 5.74) is 1.44. The number of carbonyl (C=O) groups is 1. The molecule has 0 spiro atoms. The molecule has 2 rings (SSSR count). The first kappa shape index (κ1) is 12.3. The molecule has 0 amide bonds. The molecule has 0 N–H and O–H groups in total. The maximum Gasteiger partial charge on any atom is 0.309 e. The normalized spacial score (nSPS) is 18.0. The molecule has 1 aliphatic rings. The Labute approximate surface area is 104 Å². The number of hydrogen-bond acceptors (Lipinski definition) is 3. The van der Waals surface area contributed by atoms with Crippen LogP contribution in [-0.2, 0) is 22.4 Å². The van der Waals surface area contributed by atoms with Gasteiger partial charge in [0.15, 0.2) is 0 Å². The van der Waals surface area contributed by atoms with Gasteiger partial charge in [-0.15, -0.1) is 0 Å². The lowest BCUT2D eigenvalue weighted by molar-refractivity contribution is -0.147. The van der Waals surface area contributed by atoms with E-state index in [1.54, 1.807) is 13.8 Å². The number of carbonyl (C=O) groups excluding carboxylic acids is 1. The van der Waals surface area contributed by atoms with Gasteiger partial charge in [0.2, 0.25) is 0 Å². The minimum atomic E-state index is -0.351. The van der Waals surface area contributed by atoms with E-state index in [1.165, 1.54) is 0 Å². The number of hydrogen-bond donors (Lipinski definition) is 0. The molecule has 0 aromatic carbocycles. The molecule has 0 saturated heterocycles. The van der Waals surface area contributed by atoms with Crippen LogP contribution < -0.4 is 0 Å². The molecule has 92 valence electrons. The van der Waals surface area contributed by atoms with Crippen molar-refractivity contribution in [2.75, 3.05) is 6.61 Å². The first-order valence-corrected chi connectivity index (χ1v) is 5.92. The zero-order valence-corrected chi connectivity index (χ0v) is 10.5.